The minimum absolute atomic E-state index is 0.00110. The third-order valence-corrected chi connectivity index (χ3v) is 4.76. The molecule has 4 heteroatoms. The lowest BCUT2D eigenvalue weighted by Crippen LogP contribution is -2.34. The summed E-state index contributed by atoms with van der Waals surface area (Å²) < 4.78 is 2.19. The maximum absolute atomic E-state index is 12.8. The Balaban J connectivity index is 2.14. The summed E-state index contributed by atoms with van der Waals surface area (Å²) in [6.07, 6.45) is 4.74. The second-order valence-electron chi connectivity index (χ2n) is 8.13. The molecule has 0 aliphatic rings. The van der Waals surface area contributed by atoms with Crippen molar-refractivity contribution in [1.82, 2.24) is 9.47 Å². The van der Waals surface area contributed by atoms with E-state index in [4.69, 9.17) is 11.6 Å². The van der Waals surface area contributed by atoms with Gasteiger partial charge in [-0.05, 0) is 35.6 Å². The molecule has 0 unspecified atom stereocenters. The van der Waals surface area contributed by atoms with Crippen molar-refractivity contribution in [2.75, 3.05) is 6.54 Å². The van der Waals surface area contributed by atoms with Crippen LogP contribution in [0.25, 0.3) is 0 Å². The van der Waals surface area contributed by atoms with E-state index in [1.165, 1.54) is 0 Å². The molecule has 1 amide bonds. The van der Waals surface area contributed by atoms with Crippen molar-refractivity contribution < 1.29 is 4.79 Å². The summed E-state index contributed by atoms with van der Waals surface area (Å²) in [4.78, 5) is 14.8. The molecule has 0 N–H and O–H groups in total. The largest absolute Gasteiger partial charge is 0.345 e. The quantitative estimate of drug-likeness (QED) is 0.577. The molecule has 0 radical (unpaired) electrons. The third kappa shape index (κ3) is 6.21. The number of benzene rings is 1. The van der Waals surface area contributed by atoms with Gasteiger partial charge in [0.25, 0.3) is 0 Å². The Labute approximate surface area is 163 Å². The Bertz CT molecular complexity index is 715. The Morgan fingerprint density at radius 2 is 1.88 bits per heavy atom. The van der Waals surface area contributed by atoms with E-state index in [1.807, 2.05) is 35.2 Å². The van der Waals surface area contributed by atoms with Gasteiger partial charge in [-0.2, -0.15) is 0 Å². The molecular weight excluding hydrogens is 344 g/mol. The zero-order valence-electron chi connectivity index (χ0n) is 16.5. The van der Waals surface area contributed by atoms with Crippen LogP contribution >= 0.6 is 11.6 Å². The van der Waals surface area contributed by atoms with E-state index in [2.05, 4.69) is 44.5 Å². The van der Waals surface area contributed by atoms with Gasteiger partial charge in [0, 0.05) is 36.4 Å². The summed E-state index contributed by atoms with van der Waals surface area (Å²) >= 11 is 6.31. The minimum Gasteiger partial charge on any atom is -0.345 e. The number of aromatic nitrogens is 1. The van der Waals surface area contributed by atoms with Crippen LogP contribution in [0.5, 0.6) is 0 Å². The molecule has 0 atom stereocenters. The Morgan fingerprint density at radius 3 is 2.54 bits per heavy atom. The lowest BCUT2D eigenvalue weighted by Gasteiger charge is -2.27. The topological polar surface area (TPSA) is 25.2 Å². The van der Waals surface area contributed by atoms with E-state index in [1.54, 1.807) is 0 Å². The van der Waals surface area contributed by atoms with Crippen molar-refractivity contribution in [3.8, 4) is 0 Å². The van der Waals surface area contributed by atoms with Crippen LogP contribution < -0.4 is 0 Å². The van der Waals surface area contributed by atoms with Gasteiger partial charge in [-0.1, -0.05) is 63.9 Å². The molecule has 1 aromatic heterocycles. The molecule has 0 fully saturated rings. The molecule has 0 spiro atoms. The van der Waals surface area contributed by atoms with E-state index in [-0.39, 0.29) is 11.3 Å². The first-order valence-electron chi connectivity index (χ1n) is 9.45. The van der Waals surface area contributed by atoms with Crippen LogP contribution in [-0.4, -0.2) is 21.9 Å². The molecule has 2 aromatic rings. The number of hydrogen-bond donors (Lipinski definition) is 0. The van der Waals surface area contributed by atoms with Crippen molar-refractivity contribution >= 4 is 17.5 Å². The van der Waals surface area contributed by atoms with Crippen LogP contribution in [0, 0.1) is 5.41 Å². The average Bonchev–Trinajstić information content (AvgIpc) is 2.99. The number of halogens is 1. The van der Waals surface area contributed by atoms with Crippen LogP contribution in [0.4, 0.5) is 0 Å². The summed E-state index contributed by atoms with van der Waals surface area (Å²) in [6, 6.07) is 12.1. The standard InChI is InChI=1S/C22H31ClN2O/c1-5-6-13-25(21(26)15-22(2,3)4)17-19-11-9-14-24(19)16-18-10-7-8-12-20(18)23/h7-12,14H,5-6,13,15-17H2,1-4H3. The monoisotopic (exact) mass is 374 g/mol. The number of rotatable bonds is 8. The van der Waals surface area contributed by atoms with Gasteiger partial charge in [0.1, 0.15) is 0 Å². The van der Waals surface area contributed by atoms with Crippen LogP contribution in [0.1, 0.15) is 58.2 Å². The summed E-state index contributed by atoms with van der Waals surface area (Å²) in [6.45, 7) is 10.7. The first-order valence-corrected chi connectivity index (χ1v) is 9.83. The zero-order chi connectivity index (χ0) is 19.2. The molecule has 2 rings (SSSR count). The highest BCUT2D eigenvalue weighted by Gasteiger charge is 2.22. The van der Waals surface area contributed by atoms with Gasteiger partial charge in [-0.15, -0.1) is 0 Å². The molecule has 3 nitrogen and oxygen atoms in total. The fraction of sp³-hybridized carbons (Fsp3) is 0.500. The van der Waals surface area contributed by atoms with E-state index in [0.717, 1.165) is 42.2 Å². The van der Waals surface area contributed by atoms with Gasteiger partial charge in [-0.3, -0.25) is 4.79 Å². The van der Waals surface area contributed by atoms with E-state index in [9.17, 15) is 4.79 Å². The maximum atomic E-state index is 12.8. The van der Waals surface area contributed by atoms with Gasteiger partial charge in [-0.25, -0.2) is 0 Å². The van der Waals surface area contributed by atoms with Crippen molar-refractivity contribution in [1.29, 1.82) is 0 Å². The molecule has 0 aliphatic heterocycles. The number of carbonyl (C=O) groups is 1. The van der Waals surface area contributed by atoms with E-state index < -0.39 is 0 Å². The lowest BCUT2D eigenvalue weighted by molar-refractivity contribution is -0.133. The summed E-state index contributed by atoms with van der Waals surface area (Å²) in [5, 5.41) is 0.777. The fourth-order valence-electron chi connectivity index (χ4n) is 2.96. The zero-order valence-corrected chi connectivity index (χ0v) is 17.2. The fourth-order valence-corrected chi connectivity index (χ4v) is 3.15. The number of unbranched alkanes of at least 4 members (excludes halogenated alkanes) is 1. The summed E-state index contributed by atoms with van der Waals surface area (Å²) in [5.74, 6) is 0.233. The predicted octanol–water partition coefficient (Wildman–Crippen LogP) is 5.75. The normalized spacial score (nSPS) is 11.6. The Kier molecular flexibility index (Phi) is 7.33. The first kappa shape index (κ1) is 20.6. The number of carbonyl (C=O) groups excluding carboxylic acids is 1. The molecule has 0 aliphatic carbocycles. The van der Waals surface area contributed by atoms with Crippen molar-refractivity contribution in [2.24, 2.45) is 5.41 Å². The van der Waals surface area contributed by atoms with E-state index in [0.29, 0.717) is 13.0 Å². The van der Waals surface area contributed by atoms with Gasteiger partial charge in [0.2, 0.25) is 5.91 Å². The minimum atomic E-state index is 0.00110. The van der Waals surface area contributed by atoms with Gasteiger partial charge in [0.15, 0.2) is 0 Å². The molecule has 0 saturated carbocycles. The molecule has 0 saturated heterocycles. The van der Waals surface area contributed by atoms with Gasteiger partial charge < -0.3 is 9.47 Å². The van der Waals surface area contributed by atoms with Crippen molar-refractivity contribution in [3.05, 3.63) is 58.9 Å². The SMILES string of the molecule is CCCCN(Cc1cccn1Cc1ccccc1Cl)C(=O)CC(C)(C)C. The molecular formula is C22H31ClN2O. The van der Waals surface area contributed by atoms with Crippen LogP contribution in [0.15, 0.2) is 42.6 Å². The van der Waals surface area contributed by atoms with Gasteiger partial charge >= 0.3 is 0 Å². The molecule has 1 aromatic carbocycles. The molecule has 0 bridgehead atoms. The van der Waals surface area contributed by atoms with Crippen molar-refractivity contribution in [3.63, 3.8) is 0 Å². The molecule has 1 heterocycles. The molecule has 142 valence electrons. The highest BCUT2D eigenvalue weighted by Crippen LogP contribution is 2.22. The third-order valence-electron chi connectivity index (χ3n) is 4.39. The summed E-state index contributed by atoms with van der Waals surface area (Å²) in [7, 11) is 0. The number of nitrogens with zero attached hydrogens (tertiary/aromatic N) is 2. The number of amides is 1. The van der Waals surface area contributed by atoms with E-state index >= 15 is 0 Å². The Hall–Kier alpha value is -1.74. The Morgan fingerprint density at radius 1 is 1.15 bits per heavy atom. The predicted molar refractivity (Wildman–Crippen MR) is 109 cm³/mol. The second kappa shape index (κ2) is 9.27. The van der Waals surface area contributed by atoms with Crippen LogP contribution in [0.3, 0.4) is 0 Å². The van der Waals surface area contributed by atoms with Crippen LogP contribution in [-0.2, 0) is 17.9 Å². The van der Waals surface area contributed by atoms with Crippen molar-refractivity contribution in [2.45, 2.75) is 60.0 Å². The molecule has 26 heavy (non-hydrogen) atoms. The first-order chi connectivity index (χ1) is 12.3. The maximum Gasteiger partial charge on any atom is 0.223 e. The van der Waals surface area contributed by atoms with Crippen LogP contribution in [0.2, 0.25) is 5.02 Å². The van der Waals surface area contributed by atoms with Gasteiger partial charge in [0.05, 0.1) is 6.54 Å². The summed E-state index contributed by atoms with van der Waals surface area (Å²) in [5.41, 5.74) is 2.23. The number of hydrogen-bond acceptors (Lipinski definition) is 1. The second-order valence-corrected chi connectivity index (χ2v) is 8.53. The lowest BCUT2D eigenvalue weighted by atomic mass is 9.91. The smallest absolute Gasteiger partial charge is 0.223 e. The highest BCUT2D eigenvalue weighted by molar-refractivity contribution is 6.31. The average molecular weight is 375 g/mol. The highest BCUT2D eigenvalue weighted by atomic mass is 35.5.